The Kier molecular flexibility index (Phi) is 5.49. The molecule has 150 valence electrons. The molecule has 28 heavy (non-hydrogen) atoms. The Morgan fingerprint density at radius 2 is 1.79 bits per heavy atom. The Balaban J connectivity index is 1.77. The third-order valence-corrected chi connectivity index (χ3v) is 6.21. The predicted molar refractivity (Wildman–Crippen MR) is 95.4 cm³/mol. The summed E-state index contributed by atoms with van der Waals surface area (Å²) in [4.78, 5) is 9.90. The van der Waals surface area contributed by atoms with Crippen LogP contribution in [0.1, 0.15) is 28.7 Å². The van der Waals surface area contributed by atoms with E-state index in [9.17, 15) is 26.4 Å². The quantitative estimate of drug-likeness (QED) is 0.762. The first-order valence-electron chi connectivity index (χ1n) is 8.57. The number of halogens is 3. The fourth-order valence-corrected chi connectivity index (χ4v) is 4.84. The molecule has 0 aliphatic heterocycles. The second-order valence-electron chi connectivity index (χ2n) is 6.72. The maximum Gasteiger partial charge on any atom is 0.417 e. The Morgan fingerprint density at radius 3 is 2.46 bits per heavy atom. The molecule has 0 spiro atoms. The molecular formula is C19H18F3NO4S. The molecule has 1 aliphatic rings. The lowest BCUT2D eigenvalue weighted by Crippen LogP contribution is -2.36. The zero-order chi connectivity index (χ0) is 20.5. The first-order chi connectivity index (χ1) is 13.1. The number of fused-ring (bicyclic) bond motifs is 1. The molecular weight excluding hydrogens is 395 g/mol. The van der Waals surface area contributed by atoms with Crippen molar-refractivity contribution in [2.45, 2.75) is 42.8 Å². The van der Waals surface area contributed by atoms with Crippen LogP contribution in [0.3, 0.4) is 0 Å². The van der Waals surface area contributed by atoms with Crippen LogP contribution in [-0.4, -0.2) is 25.5 Å². The Morgan fingerprint density at radius 1 is 1.11 bits per heavy atom. The minimum absolute atomic E-state index is 0.0108. The molecule has 0 saturated carbocycles. The van der Waals surface area contributed by atoms with E-state index in [1.165, 1.54) is 6.07 Å². The average Bonchev–Trinajstić information content (AvgIpc) is 2.99. The number of aryl methyl sites for hydroxylation is 1. The van der Waals surface area contributed by atoms with Crippen molar-refractivity contribution in [3.8, 4) is 0 Å². The number of hydrogen-bond donors (Lipinski definition) is 2. The Hall–Kier alpha value is -2.39. The fourth-order valence-electron chi connectivity index (χ4n) is 3.38. The van der Waals surface area contributed by atoms with Crippen LogP contribution < -0.4 is 4.72 Å². The summed E-state index contributed by atoms with van der Waals surface area (Å²) in [7, 11) is -4.35. The van der Waals surface area contributed by atoms with Gasteiger partial charge in [-0.25, -0.2) is 13.1 Å². The zero-order valence-corrected chi connectivity index (χ0v) is 15.5. The molecule has 1 unspecified atom stereocenters. The van der Waals surface area contributed by atoms with Gasteiger partial charge in [0.2, 0.25) is 10.0 Å². The normalized spacial score (nSPS) is 16.8. The SMILES string of the molecule is O=C(O)CCc1ccc2c(c1)CC(NS(=O)(=O)c1ccccc1C(F)(F)F)C2. The second-order valence-corrected chi connectivity index (χ2v) is 8.40. The van der Waals surface area contributed by atoms with E-state index in [-0.39, 0.29) is 6.42 Å². The molecule has 1 atom stereocenters. The maximum absolute atomic E-state index is 13.1. The van der Waals surface area contributed by atoms with Gasteiger partial charge in [0.15, 0.2) is 0 Å². The number of aliphatic carboxylic acids is 1. The molecule has 1 aliphatic carbocycles. The van der Waals surface area contributed by atoms with Gasteiger partial charge < -0.3 is 5.11 Å². The van der Waals surface area contributed by atoms with Crippen molar-refractivity contribution < 1.29 is 31.5 Å². The van der Waals surface area contributed by atoms with Crippen LogP contribution in [0.25, 0.3) is 0 Å². The van der Waals surface area contributed by atoms with E-state index >= 15 is 0 Å². The summed E-state index contributed by atoms with van der Waals surface area (Å²) in [5.41, 5.74) is 1.40. The van der Waals surface area contributed by atoms with E-state index in [0.29, 0.717) is 19.3 Å². The highest BCUT2D eigenvalue weighted by atomic mass is 32.2. The van der Waals surface area contributed by atoms with Crippen LogP contribution in [0.15, 0.2) is 47.4 Å². The summed E-state index contributed by atoms with van der Waals surface area (Å²) < 4.78 is 67.0. The van der Waals surface area contributed by atoms with Gasteiger partial charge in [0, 0.05) is 12.5 Å². The molecule has 0 radical (unpaired) electrons. The molecule has 0 amide bonds. The number of benzene rings is 2. The number of rotatable bonds is 6. The summed E-state index contributed by atoms with van der Waals surface area (Å²) in [6, 6.07) is 8.95. The third-order valence-electron chi connectivity index (χ3n) is 4.63. The lowest BCUT2D eigenvalue weighted by molar-refractivity contribution is -0.140. The van der Waals surface area contributed by atoms with E-state index in [1.807, 2.05) is 12.1 Å². The molecule has 5 nitrogen and oxygen atoms in total. The van der Waals surface area contributed by atoms with Crippen molar-refractivity contribution >= 4 is 16.0 Å². The smallest absolute Gasteiger partial charge is 0.417 e. The van der Waals surface area contributed by atoms with Crippen molar-refractivity contribution in [2.24, 2.45) is 0 Å². The fraction of sp³-hybridized carbons (Fsp3) is 0.316. The highest BCUT2D eigenvalue weighted by Crippen LogP contribution is 2.34. The molecule has 3 rings (SSSR count). The largest absolute Gasteiger partial charge is 0.481 e. The number of carbonyl (C=O) groups is 1. The van der Waals surface area contributed by atoms with E-state index in [2.05, 4.69) is 4.72 Å². The highest BCUT2D eigenvalue weighted by molar-refractivity contribution is 7.89. The summed E-state index contributed by atoms with van der Waals surface area (Å²) in [5, 5.41) is 8.77. The van der Waals surface area contributed by atoms with Crippen molar-refractivity contribution in [1.29, 1.82) is 0 Å². The van der Waals surface area contributed by atoms with Gasteiger partial charge in [0.25, 0.3) is 0 Å². The molecule has 2 aromatic rings. The van der Waals surface area contributed by atoms with Gasteiger partial charge in [0.1, 0.15) is 0 Å². The molecule has 0 bridgehead atoms. The minimum Gasteiger partial charge on any atom is -0.481 e. The topological polar surface area (TPSA) is 83.5 Å². The number of nitrogens with one attached hydrogen (secondary N) is 1. The summed E-state index contributed by atoms with van der Waals surface area (Å²) in [6.07, 6.45) is -3.73. The number of carboxylic acids is 1. The van der Waals surface area contributed by atoms with Crippen LogP contribution in [0, 0.1) is 0 Å². The molecule has 9 heteroatoms. The number of alkyl halides is 3. The molecule has 0 aromatic heterocycles. The Labute approximate surface area is 160 Å². The van der Waals surface area contributed by atoms with Gasteiger partial charge in [-0.1, -0.05) is 30.3 Å². The second kappa shape index (κ2) is 7.56. The van der Waals surface area contributed by atoms with Gasteiger partial charge in [0.05, 0.1) is 10.5 Å². The van der Waals surface area contributed by atoms with Gasteiger partial charge in [-0.05, 0) is 48.1 Å². The molecule has 2 N–H and O–H groups in total. The summed E-state index contributed by atoms with van der Waals surface area (Å²) >= 11 is 0. The van der Waals surface area contributed by atoms with Crippen LogP contribution in [0.2, 0.25) is 0 Å². The van der Waals surface area contributed by atoms with Crippen LogP contribution in [0.5, 0.6) is 0 Å². The zero-order valence-electron chi connectivity index (χ0n) is 14.7. The van der Waals surface area contributed by atoms with E-state index in [0.717, 1.165) is 34.9 Å². The molecule has 0 fully saturated rings. The van der Waals surface area contributed by atoms with Gasteiger partial charge in [-0.2, -0.15) is 13.2 Å². The number of carboxylic acid groups (broad SMARTS) is 1. The summed E-state index contributed by atoms with van der Waals surface area (Å²) in [5.74, 6) is -0.908. The molecule has 0 heterocycles. The van der Waals surface area contributed by atoms with Gasteiger partial charge in [-0.3, -0.25) is 4.79 Å². The lowest BCUT2D eigenvalue weighted by Gasteiger charge is -2.16. The monoisotopic (exact) mass is 413 g/mol. The molecule has 2 aromatic carbocycles. The van der Waals surface area contributed by atoms with Crippen LogP contribution in [0.4, 0.5) is 13.2 Å². The van der Waals surface area contributed by atoms with Gasteiger partial charge >= 0.3 is 12.1 Å². The summed E-state index contributed by atoms with van der Waals surface area (Å²) in [6.45, 7) is 0. The van der Waals surface area contributed by atoms with E-state index < -0.39 is 38.7 Å². The first-order valence-corrected chi connectivity index (χ1v) is 10.1. The van der Waals surface area contributed by atoms with Crippen LogP contribution >= 0.6 is 0 Å². The number of hydrogen-bond acceptors (Lipinski definition) is 3. The van der Waals surface area contributed by atoms with Crippen LogP contribution in [-0.2, 0) is 40.3 Å². The maximum atomic E-state index is 13.1. The van der Waals surface area contributed by atoms with Crippen molar-refractivity contribution in [3.05, 3.63) is 64.7 Å². The van der Waals surface area contributed by atoms with Gasteiger partial charge in [-0.15, -0.1) is 0 Å². The van der Waals surface area contributed by atoms with Crippen molar-refractivity contribution in [2.75, 3.05) is 0 Å². The minimum atomic E-state index is -4.77. The van der Waals surface area contributed by atoms with Crippen molar-refractivity contribution in [1.82, 2.24) is 4.72 Å². The highest BCUT2D eigenvalue weighted by Gasteiger charge is 2.38. The van der Waals surface area contributed by atoms with Crippen molar-refractivity contribution in [3.63, 3.8) is 0 Å². The number of sulfonamides is 1. The lowest BCUT2D eigenvalue weighted by atomic mass is 10.0. The Bertz CT molecular complexity index is 1000. The predicted octanol–water partition coefficient (Wildman–Crippen LogP) is 3.17. The van der Waals surface area contributed by atoms with E-state index in [1.54, 1.807) is 6.07 Å². The molecule has 0 saturated heterocycles. The standard InChI is InChI=1S/C19H18F3NO4S/c20-19(21,22)16-3-1-2-4-17(16)28(26,27)23-15-10-13-7-5-12(6-8-18(24)25)9-14(13)11-15/h1-5,7,9,15,23H,6,8,10-11H2,(H,24,25). The average molecular weight is 413 g/mol. The first kappa shape index (κ1) is 20.3. The third kappa shape index (κ3) is 4.53. The van der Waals surface area contributed by atoms with E-state index in [4.69, 9.17) is 5.11 Å².